The minimum atomic E-state index is -3.33. The summed E-state index contributed by atoms with van der Waals surface area (Å²) in [6.07, 6.45) is 1.12. The number of hydroxylamine groups is 1. The van der Waals surface area contributed by atoms with Crippen LogP contribution in [0.5, 0.6) is 0 Å². The molecule has 2 aromatic rings. The fourth-order valence-corrected chi connectivity index (χ4v) is 2.52. The molecule has 0 unspecified atom stereocenters. The van der Waals surface area contributed by atoms with Crippen molar-refractivity contribution in [2.24, 2.45) is 0 Å². The molecule has 122 valence electrons. The molecular weight excluding hydrogens is 316 g/mol. The summed E-state index contributed by atoms with van der Waals surface area (Å²) in [6, 6.07) is 13.4. The van der Waals surface area contributed by atoms with E-state index in [1.54, 1.807) is 13.0 Å². The minimum absolute atomic E-state index is 0.142. The fraction of sp³-hybridized carbons (Fsp3) is 0.188. The normalized spacial score (nSPS) is 11.0. The lowest BCUT2D eigenvalue weighted by Gasteiger charge is -2.11. The molecule has 0 aliphatic heterocycles. The molecule has 23 heavy (non-hydrogen) atoms. The maximum Gasteiger partial charge on any atom is 0.343 e. The van der Waals surface area contributed by atoms with Gasteiger partial charge in [0.05, 0.1) is 11.5 Å². The Morgan fingerprint density at radius 1 is 1.13 bits per heavy atom. The lowest BCUT2D eigenvalue weighted by atomic mass is 10.2. The number of amides is 2. The van der Waals surface area contributed by atoms with Crippen LogP contribution in [-0.4, -0.2) is 20.7 Å². The molecule has 0 aromatic heterocycles. The van der Waals surface area contributed by atoms with E-state index in [4.69, 9.17) is 4.84 Å². The zero-order valence-electron chi connectivity index (χ0n) is 12.9. The first-order valence-electron chi connectivity index (χ1n) is 6.89. The van der Waals surface area contributed by atoms with Crippen molar-refractivity contribution < 1.29 is 18.0 Å². The summed E-state index contributed by atoms with van der Waals surface area (Å²) in [5.74, 6) is 0. The zero-order valence-corrected chi connectivity index (χ0v) is 13.7. The van der Waals surface area contributed by atoms with Gasteiger partial charge in [0, 0.05) is 11.9 Å². The average molecular weight is 334 g/mol. The van der Waals surface area contributed by atoms with Crippen molar-refractivity contribution in [3.05, 3.63) is 59.7 Å². The van der Waals surface area contributed by atoms with E-state index in [0.717, 1.165) is 17.4 Å². The third-order valence-electron chi connectivity index (χ3n) is 3.13. The highest BCUT2D eigenvalue weighted by molar-refractivity contribution is 7.90. The molecule has 2 rings (SSSR count). The van der Waals surface area contributed by atoms with Gasteiger partial charge in [-0.25, -0.2) is 18.7 Å². The first-order chi connectivity index (χ1) is 10.9. The maximum absolute atomic E-state index is 11.8. The second-order valence-electron chi connectivity index (χ2n) is 5.08. The minimum Gasteiger partial charge on any atom is -0.306 e. The van der Waals surface area contributed by atoms with Crippen molar-refractivity contribution in [3.8, 4) is 0 Å². The third kappa shape index (κ3) is 5.08. The van der Waals surface area contributed by atoms with Gasteiger partial charge in [-0.1, -0.05) is 36.4 Å². The third-order valence-corrected chi connectivity index (χ3v) is 4.24. The van der Waals surface area contributed by atoms with Crippen molar-refractivity contribution in [1.29, 1.82) is 0 Å². The number of anilines is 1. The van der Waals surface area contributed by atoms with Crippen molar-refractivity contribution in [2.45, 2.75) is 18.4 Å². The lowest BCUT2D eigenvalue weighted by Crippen LogP contribution is -2.29. The van der Waals surface area contributed by atoms with Crippen LogP contribution in [0, 0.1) is 6.92 Å². The van der Waals surface area contributed by atoms with Crippen LogP contribution in [-0.2, 0) is 21.3 Å². The Balaban J connectivity index is 1.95. The van der Waals surface area contributed by atoms with Crippen molar-refractivity contribution in [3.63, 3.8) is 0 Å². The molecule has 7 heteroatoms. The molecule has 0 bridgehead atoms. The highest BCUT2D eigenvalue weighted by atomic mass is 32.2. The van der Waals surface area contributed by atoms with Crippen LogP contribution in [0.25, 0.3) is 0 Å². The summed E-state index contributed by atoms with van der Waals surface area (Å²) >= 11 is 0. The smallest absolute Gasteiger partial charge is 0.306 e. The fourth-order valence-electron chi connectivity index (χ4n) is 1.87. The molecule has 6 nitrogen and oxygen atoms in total. The van der Waals surface area contributed by atoms with Gasteiger partial charge < -0.3 is 5.32 Å². The molecule has 2 amide bonds. The van der Waals surface area contributed by atoms with E-state index in [-0.39, 0.29) is 11.5 Å². The number of sulfone groups is 1. The van der Waals surface area contributed by atoms with Gasteiger partial charge in [-0.3, -0.25) is 4.84 Å². The summed E-state index contributed by atoms with van der Waals surface area (Å²) in [5, 5.41) is 2.57. The van der Waals surface area contributed by atoms with Crippen LogP contribution in [0.15, 0.2) is 53.4 Å². The molecule has 0 aliphatic rings. The van der Waals surface area contributed by atoms with Crippen LogP contribution < -0.4 is 10.8 Å². The van der Waals surface area contributed by atoms with E-state index in [2.05, 4.69) is 10.8 Å². The van der Waals surface area contributed by atoms with E-state index in [0.29, 0.717) is 5.69 Å². The van der Waals surface area contributed by atoms with Gasteiger partial charge in [0.1, 0.15) is 0 Å². The molecular formula is C16H18N2O4S. The largest absolute Gasteiger partial charge is 0.343 e. The number of aryl methyl sites for hydroxylation is 1. The molecule has 0 saturated heterocycles. The number of hydrogen-bond acceptors (Lipinski definition) is 4. The Hall–Kier alpha value is -2.38. The topological polar surface area (TPSA) is 84.5 Å². The Bertz CT molecular complexity index is 789. The Labute approximate surface area is 135 Å². The van der Waals surface area contributed by atoms with E-state index in [1.807, 2.05) is 30.3 Å². The number of carbonyl (C=O) groups excluding carboxylic acids is 1. The quantitative estimate of drug-likeness (QED) is 0.823. The van der Waals surface area contributed by atoms with E-state index in [1.165, 1.54) is 12.1 Å². The predicted molar refractivity (Wildman–Crippen MR) is 87.7 cm³/mol. The SMILES string of the molecule is Cc1ccc(S(C)(=O)=O)cc1NC(=O)NOCc1ccccc1. The monoisotopic (exact) mass is 334 g/mol. The molecule has 0 radical (unpaired) electrons. The highest BCUT2D eigenvalue weighted by Gasteiger charge is 2.11. The summed E-state index contributed by atoms with van der Waals surface area (Å²) in [6.45, 7) is 2.00. The maximum atomic E-state index is 11.8. The summed E-state index contributed by atoms with van der Waals surface area (Å²) in [7, 11) is -3.33. The lowest BCUT2D eigenvalue weighted by molar-refractivity contribution is 0.0536. The number of carbonyl (C=O) groups is 1. The first-order valence-corrected chi connectivity index (χ1v) is 8.79. The predicted octanol–water partition coefficient (Wildman–Crippen LogP) is 2.65. The first kappa shape index (κ1) is 17.0. The van der Waals surface area contributed by atoms with Crippen LogP contribution >= 0.6 is 0 Å². The van der Waals surface area contributed by atoms with Crippen molar-refractivity contribution in [2.75, 3.05) is 11.6 Å². The molecule has 0 aliphatic carbocycles. The van der Waals surface area contributed by atoms with E-state index < -0.39 is 15.9 Å². The van der Waals surface area contributed by atoms with Crippen molar-refractivity contribution in [1.82, 2.24) is 5.48 Å². The molecule has 0 heterocycles. The van der Waals surface area contributed by atoms with Crippen LogP contribution in [0.4, 0.5) is 10.5 Å². The second-order valence-corrected chi connectivity index (χ2v) is 7.10. The van der Waals surface area contributed by atoms with Gasteiger partial charge in [-0.15, -0.1) is 0 Å². The molecule has 0 spiro atoms. The molecule has 0 atom stereocenters. The Morgan fingerprint density at radius 2 is 1.83 bits per heavy atom. The number of rotatable bonds is 5. The van der Waals surface area contributed by atoms with E-state index in [9.17, 15) is 13.2 Å². The van der Waals surface area contributed by atoms with Gasteiger partial charge in [0.15, 0.2) is 9.84 Å². The summed E-state index contributed by atoms with van der Waals surface area (Å²) in [4.78, 5) is 17.1. The summed E-state index contributed by atoms with van der Waals surface area (Å²) < 4.78 is 23.1. The number of nitrogens with one attached hydrogen (secondary N) is 2. The molecule has 0 fully saturated rings. The molecule has 2 aromatic carbocycles. The Morgan fingerprint density at radius 3 is 2.48 bits per heavy atom. The van der Waals surface area contributed by atoms with Gasteiger partial charge in [-0.2, -0.15) is 0 Å². The van der Waals surface area contributed by atoms with Gasteiger partial charge in [0.2, 0.25) is 0 Å². The number of benzene rings is 2. The van der Waals surface area contributed by atoms with Crippen LogP contribution in [0.2, 0.25) is 0 Å². The summed E-state index contributed by atoms with van der Waals surface area (Å²) in [5.41, 5.74) is 4.34. The average Bonchev–Trinajstić information content (AvgIpc) is 2.49. The molecule has 0 saturated carbocycles. The van der Waals surface area contributed by atoms with Crippen LogP contribution in [0.1, 0.15) is 11.1 Å². The van der Waals surface area contributed by atoms with Gasteiger partial charge in [-0.05, 0) is 30.2 Å². The van der Waals surface area contributed by atoms with Crippen LogP contribution in [0.3, 0.4) is 0 Å². The highest BCUT2D eigenvalue weighted by Crippen LogP contribution is 2.20. The standard InChI is InChI=1S/C16H18N2O4S/c1-12-8-9-14(23(2,20)21)10-15(12)17-16(19)18-22-11-13-6-4-3-5-7-13/h3-10H,11H2,1-2H3,(H2,17,18,19). The van der Waals surface area contributed by atoms with E-state index >= 15 is 0 Å². The molecule has 2 N–H and O–H groups in total. The zero-order chi connectivity index (χ0) is 16.9. The second kappa shape index (κ2) is 7.26. The number of urea groups is 1. The Kier molecular flexibility index (Phi) is 5.36. The van der Waals surface area contributed by atoms with Gasteiger partial charge in [0.25, 0.3) is 0 Å². The van der Waals surface area contributed by atoms with Crippen molar-refractivity contribution >= 4 is 21.6 Å². The van der Waals surface area contributed by atoms with Gasteiger partial charge >= 0.3 is 6.03 Å². The number of hydrogen-bond donors (Lipinski definition) is 2.